The average molecular weight is 325 g/mol. The van der Waals surface area contributed by atoms with Gasteiger partial charge in [0.2, 0.25) is 5.91 Å². The molecule has 0 atom stereocenters. The Kier molecular flexibility index (Phi) is 5.36. The highest BCUT2D eigenvalue weighted by Crippen LogP contribution is 2.29. The summed E-state index contributed by atoms with van der Waals surface area (Å²) in [6, 6.07) is 15.7. The minimum absolute atomic E-state index is 0.187. The number of nitrogens with zero attached hydrogens (tertiary/aromatic N) is 1. The van der Waals surface area contributed by atoms with Crippen molar-refractivity contribution >= 4 is 5.91 Å². The van der Waals surface area contributed by atoms with E-state index in [1.807, 2.05) is 53.4 Å². The lowest BCUT2D eigenvalue weighted by Gasteiger charge is -2.16. The van der Waals surface area contributed by atoms with Crippen molar-refractivity contribution in [1.82, 2.24) is 4.90 Å². The summed E-state index contributed by atoms with van der Waals surface area (Å²) in [7, 11) is 1.62. The second kappa shape index (κ2) is 7.86. The summed E-state index contributed by atoms with van der Waals surface area (Å²) in [5.41, 5.74) is 2.05. The van der Waals surface area contributed by atoms with Gasteiger partial charge in [-0.3, -0.25) is 4.79 Å². The molecule has 0 aromatic heterocycles. The van der Waals surface area contributed by atoms with Crippen LogP contribution in [-0.4, -0.2) is 31.0 Å². The molecule has 1 heterocycles. The molecule has 0 radical (unpaired) electrons. The fourth-order valence-corrected chi connectivity index (χ4v) is 2.93. The van der Waals surface area contributed by atoms with Crippen LogP contribution in [0.5, 0.6) is 11.5 Å². The van der Waals surface area contributed by atoms with E-state index in [9.17, 15) is 4.79 Å². The van der Waals surface area contributed by atoms with Crippen LogP contribution in [0.15, 0.2) is 48.5 Å². The Bertz CT molecular complexity index is 679. The number of hydrogen-bond donors (Lipinski definition) is 0. The Hall–Kier alpha value is -2.49. The molecule has 0 aliphatic carbocycles. The van der Waals surface area contributed by atoms with E-state index in [1.54, 1.807) is 7.11 Å². The molecule has 0 saturated carbocycles. The summed E-state index contributed by atoms with van der Waals surface area (Å²) in [5.74, 6) is 1.54. The van der Waals surface area contributed by atoms with Gasteiger partial charge in [0.15, 0.2) is 11.5 Å². The van der Waals surface area contributed by atoms with Crippen molar-refractivity contribution in [1.29, 1.82) is 0 Å². The van der Waals surface area contributed by atoms with E-state index in [0.29, 0.717) is 24.5 Å². The maximum Gasteiger partial charge on any atom is 0.226 e. The Morgan fingerprint density at radius 1 is 1.00 bits per heavy atom. The Labute approximate surface area is 143 Å². The predicted molar refractivity (Wildman–Crippen MR) is 93.3 cm³/mol. The molecule has 3 rings (SSSR count). The van der Waals surface area contributed by atoms with Gasteiger partial charge in [0.1, 0.15) is 6.61 Å². The normalized spacial score (nSPS) is 13.8. The summed E-state index contributed by atoms with van der Waals surface area (Å²) < 4.78 is 11.3. The van der Waals surface area contributed by atoms with Gasteiger partial charge in [-0.15, -0.1) is 0 Å². The fraction of sp³-hybridized carbons (Fsp3) is 0.350. The molecule has 1 aliphatic heterocycles. The van der Waals surface area contributed by atoms with E-state index in [1.165, 1.54) is 0 Å². The third-order valence-electron chi connectivity index (χ3n) is 4.28. The quantitative estimate of drug-likeness (QED) is 0.817. The van der Waals surface area contributed by atoms with Crippen LogP contribution in [0.2, 0.25) is 0 Å². The molecular weight excluding hydrogens is 302 g/mol. The van der Waals surface area contributed by atoms with Crippen molar-refractivity contribution in [3.8, 4) is 11.5 Å². The van der Waals surface area contributed by atoms with Gasteiger partial charge in [0.05, 0.1) is 13.5 Å². The number of carbonyl (C=O) groups excluding carboxylic acids is 1. The molecule has 4 heteroatoms. The first-order chi connectivity index (χ1) is 11.8. The second-order valence-corrected chi connectivity index (χ2v) is 6.02. The number of ether oxygens (including phenoxy) is 2. The van der Waals surface area contributed by atoms with Crippen molar-refractivity contribution in [3.63, 3.8) is 0 Å². The zero-order valence-corrected chi connectivity index (χ0v) is 14.0. The minimum Gasteiger partial charge on any atom is -0.493 e. The van der Waals surface area contributed by atoms with E-state index < -0.39 is 0 Å². The molecule has 0 N–H and O–H groups in total. The molecule has 126 valence electrons. The number of likely N-dealkylation sites (tertiary alicyclic amines) is 1. The van der Waals surface area contributed by atoms with Crippen molar-refractivity contribution in [2.45, 2.75) is 25.9 Å². The molecule has 1 aliphatic rings. The molecule has 0 unspecified atom stereocenters. The molecule has 2 aromatic carbocycles. The van der Waals surface area contributed by atoms with Gasteiger partial charge >= 0.3 is 0 Å². The topological polar surface area (TPSA) is 38.8 Å². The van der Waals surface area contributed by atoms with Crippen molar-refractivity contribution in [3.05, 3.63) is 59.7 Å². The molecule has 4 nitrogen and oxygen atoms in total. The van der Waals surface area contributed by atoms with Gasteiger partial charge in [-0.25, -0.2) is 0 Å². The molecule has 24 heavy (non-hydrogen) atoms. The lowest BCUT2D eigenvalue weighted by Crippen LogP contribution is -2.29. The maximum absolute atomic E-state index is 12.3. The summed E-state index contributed by atoms with van der Waals surface area (Å²) >= 11 is 0. The first kappa shape index (κ1) is 16.4. The number of amides is 1. The number of rotatable bonds is 6. The lowest BCUT2D eigenvalue weighted by molar-refractivity contribution is -0.129. The number of benzene rings is 2. The summed E-state index contributed by atoms with van der Waals surface area (Å²) in [6.07, 6.45) is 2.63. The largest absolute Gasteiger partial charge is 0.493 e. The molecular formula is C20H23NO3. The Morgan fingerprint density at radius 3 is 2.46 bits per heavy atom. The molecule has 1 saturated heterocycles. The van der Waals surface area contributed by atoms with Crippen molar-refractivity contribution < 1.29 is 14.3 Å². The van der Waals surface area contributed by atoms with Gasteiger partial charge < -0.3 is 14.4 Å². The first-order valence-corrected chi connectivity index (χ1v) is 8.37. The van der Waals surface area contributed by atoms with Crippen LogP contribution in [-0.2, 0) is 17.8 Å². The van der Waals surface area contributed by atoms with Gasteiger partial charge in [-0.1, -0.05) is 36.4 Å². The summed E-state index contributed by atoms with van der Waals surface area (Å²) in [5, 5.41) is 0. The number of carbonyl (C=O) groups is 1. The van der Waals surface area contributed by atoms with Crippen molar-refractivity contribution in [2.75, 3.05) is 20.2 Å². The smallest absolute Gasteiger partial charge is 0.226 e. The fourth-order valence-electron chi connectivity index (χ4n) is 2.93. The van der Waals surface area contributed by atoms with Gasteiger partial charge in [-0.05, 0) is 36.1 Å². The number of methoxy groups -OCH3 is 1. The first-order valence-electron chi connectivity index (χ1n) is 8.37. The van der Waals surface area contributed by atoms with E-state index in [4.69, 9.17) is 9.47 Å². The Balaban J connectivity index is 1.69. The van der Waals surface area contributed by atoms with E-state index in [0.717, 1.165) is 37.1 Å². The molecule has 0 bridgehead atoms. The van der Waals surface area contributed by atoms with Crippen LogP contribution in [0.1, 0.15) is 24.0 Å². The van der Waals surface area contributed by atoms with Gasteiger partial charge in [0, 0.05) is 13.1 Å². The second-order valence-electron chi connectivity index (χ2n) is 6.02. The van der Waals surface area contributed by atoms with E-state index in [2.05, 4.69) is 0 Å². The minimum atomic E-state index is 0.187. The van der Waals surface area contributed by atoms with Crippen LogP contribution in [0.3, 0.4) is 0 Å². The van der Waals surface area contributed by atoms with Crippen LogP contribution < -0.4 is 9.47 Å². The highest BCUT2D eigenvalue weighted by atomic mass is 16.5. The zero-order chi connectivity index (χ0) is 16.8. The van der Waals surface area contributed by atoms with Crippen LogP contribution in [0, 0.1) is 0 Å². The highest BCUT2D eigenvalue weighted by molar-refractivity contribution is 5.79. The molecule has 1 amide bonds. The molecule has 1 fully saturated rings. The SMILES string of the molecule is COc1ccc(CC(=O)N2CCCC2)cc1OCc1ccccc1. The zero-order valence-electron chi connectivity index (χ0n) is 14.0. The standard InChI is InChI=1S/C20H23NO3/c1-23-18-10-9-17(14-20(22)21-11-5-6-12-21)13-19(18)24-15-16-7-3-2-4-8-16/h2-4,7-10,13H,5-6,11-12,14-15H2,1H3. The van der Waals surface area contributed by atoms with E-state index in [-0.39, 0.29) is 5.91 Å². The Morgan fingerprint density at radius 2 is 1.75 bits per heavy atom. The van der Waals surface area contributed by atoms with Crippen LogP contribution in [0.25, 0.3) is 0 Å². The van der Waals surface area contributed by atoms with Crippen LogP contribution >= 0.6 is 0 Å². The van der Waals surface area contributed by atoms with E-state index >= 15 is 0 Å². The highest BCUT2D eigenvalue weighted by Gasteiger charge is 2.18. The third kappa shape index (κ3) is 4.07. The molecule has 2 aromatic rings. The summed E-state index contributed by atoms with van der Waals surface area (Å²) in [4.78, 5) is 14.3. The number of hydrogen-bond acceptors (Lipinski definition) is 3. The van der Waals surface area contributed by atoms with Gasteiger partial charge in [0.25, 0.3) is 0 Å². The third-order valence-corrected chi connectivity index (χ3v) is 4.28. The van der Waals surface area contributed by atoms with Crippen molar-refractivity contribution in [2.24, 2.45) is 0 Å². The van der Waals surface area contributed by atoms with Crippen LogP contribution in [0.4, 0.5) is 0 Å². The molecule has 0 spiro atoms. The lowest BCUT2D eigenvalue weighted by atomic mass is 10.1. The predicted octanol–water partition coefficient (Wildman–Crippen LogP) is 3.44. The average Bonchev–Trinajstić information content (AvgIpc) is 3.16. The van der Waals surface area contributed by atoms with Gasteiger partial charge in [-0.2, -0.15) is 0 Å². The maximum atomic E-state index is 12.3. The summed E-state index contributed by atoms with van der Waals surface area (Å²) in [6.45, 7) is 2.24. The monoisotopic (exact) mass is 325 g/mol.